The molecule has 2 fully saturated rings. The summed E-state index contributed by atoms with van der Waals surface area (Å²) in [7, 11) is 1.63. The number of benzene rings is 1. The standard InChI is InChI=1S/C23H28O4/c1-26-13-17-7-3-5-9-20(24)21-22(25)18(14-27-23(17)21)12-16-6-2-4-8-19(16)15-10-11-15/h2-4,6-8,15,18,21-22,25H,5,9-14H2,1H3. The summed E-state index contributed by atoms with van der Waals surface area (Å²) in [5.74, 6) is 0.689. The van der Waals surface area contributed by atoms with E-state index in [2.05, 4.69) is 24.3 Å². The van der Waals surface area contributed by atoms with Crippen LogP contribution >= 0.6 is 0 Å². The van der Waals surface area contributed by atoms with Gasteiger partial charge in [0.25, 0.3) is 0 Å². The fraction of sp³-hybridized carbons (Fsp3) is 0.522. The molecule has 4 heteroatoms. The van der Waals surface area contributed by atoms with Crippen LogP contribution in [0.1, 0.15) is 42.7 Å². The number of ketones is 1. The topological polar surface area (TPSA) is 55.8 Å². The Balaban J connectivity index is 1.60. The molecule has 2 aliphatic carbocycles. The predicted octanol–water partition coefficient (Wildman–Crippen LogP) is 3.55. The first kappa shape index (κ1) is 18.5. The number of carbonyl (C=O) groups is 1. The fourth-order valence-electron chi connectivity index (χ4n) is 4.38. The molecule has 3 unspecified atom stereocenters. The average molecular weight is 368 g/mol. The molecule has 1 heterocycles. The van der Waals surface area contributed by atoms with Gasteiger partial charge in [0.15, 0.2) is 0 Å². The average Bonchev–Trinajstić information content (AvgIpc) is 3.50. The van der Waals surface area contributed by atoms with E-state index in [1.54, 1.807) is 7.11 Å². The summed E-state index contributed by atoms with van der Waals surface area (Å²) in [4.78, 5) is 12.8. The second-order valence-corrected chi connectivity index (χ2v) is 7.95. The van der Waals surface area contributed by atoms with Crippen molar-refractivity contribution in [1.29, 1.82) is 0 Å². The molecule has 27 heavy (non-hydrogen) atoms. The van der Waals surface area contributed by atoms with E-state index >= 15 is 0 Å². The number of rotatable bonds is 5. The molecular formula is C23H28O4. The molecule has 144 valence electrons. The van der Waals surface area contributed by atoms with E-state index in [0.29, 0.717) is 37.7 Å². The quantitative estimate of drug-likeness (QED) is 0.864. The summed E-state index contributed by atoms with van der Waals surface area (Å²) in [6.45, 7) is 0.817. The Kier molecular flexibility index (Phi) is 5.46. The highest BCUT2D eigenvalue weighted by Gasteiger charge is 2.42. The minimum atomic E-state index is -0.716. The summed E-state index contributed by atoms with van der Waals surface area (Å²) in [5.41, 5.74) is 3.56. The lowest BCUT2D eigenvalue weighted by molar-refractivity contribution is -0.132. The first-order valence-electron chi connectivity index (χ1n) is 9.99. The molecule has 4 nitrogen and oxygen atoms in total. The first-order valence-corrected chi connectivity index (χ1v) is 9.99. The van der Waals surface area contributed by atoms with E-state index in [9.17, 15) is 9.90 Å². The molecule has 4 rings (SSSR count). The van der Waals surface area contributed by atoms with E-state index in [1.807, 2.05) is 12.2 Å². The Labute approximate surface area is 160 Å². The van der Waals surface area contributed by atoms with Gasteiger partial charge in [-0.1, -0.05) is 36.4 Å². The Hall–Kier alpha value is -1.91. The number of methoxy groups -OCH3 is 1. The van der Waals surface area contributed by atoms with Crippen LogP contribution in [0.2, 0.25) is 0 Å². The maximum absolute atomic E-state index is 12.8. The maximum Gasteiger partial charge on any atom is 0.146 e. The van der Waals surface area contributed by atoms with E-state index in [-0.39, 0.29) is 11.7 Å². The number of Topliss-reactive ketones (excluding diaryl/α,β-unsaturated/α-hetero) is 1. The zero-order chi connectivity index (χ0) is 18.8. The molecule has 0 bridgehead atoms. The van der Waals surface area contributed by atoms with Crippen LogP contribution in [-0.4, -0.2) is 37.3 Å². The van der Waals surface area contributed by atoms with Crippen molar-refractivity contribution in [1.82, 2.24) is 0 Å². The number of hydrogen-bond donors (Lipinski definition) is 1. The van der Waals surface area contributed by atoms with Crippen LogP contribution < -0.4 is 0 Å². The van der Waals surface area contributed by atoms with Crippen molar-refractivity contribution in [3.05, 3.63) is 58.9 Å². The molecule has 3 aliphatic rings. The highest BCUT2D eigenvalue weighted by Crippen LogP contribution is 2.43. The van der Waals surface area contributed by atoms with Crippen molar-refractivity contribution in [2.24, 2.45) is 11.8 Å². The number of allylic oxidation sites excluding steroid dienone is 1. The van der Waals surface area contributed by atoms with Crippen LogP contribution in [0.4, 0.5) is 0 Å². The van der Waals surface area contributed by atoms with Crippen LogP contribution in [0.15, 0.2) is 47.7 Å². The van der Waals surface area contributed by atoms with Gasteiger partial charge in [-0.25, -0.2) is 0 Å². The van der Waals surface area contributed by atoms with Crippen molar-refractivity contribution in [2.75, 3.05) is 20.3 Å². The van der Waals surface area contributed by atoms with Gasteiger partial charge in [0.05, 0.1) is 19.3 Å². The Morgan fingerprint density at radius 1 is 1.26 bits per heavy atom. The third kappa shape index (κ3) is 3.87. The monoisotopic (exact) mass is 368 g/mol. The largest absolute Gasteiger partial charge is 0.496 e. The van der Waals surface area contributed by atoms with Crippen molar-refractivity contribution in [2.45, 2.75) is 44.1 Å². The van der Waals surface area contributed by atoms with Crippen LogP contribution in [0.25, 0.3) is 0 Å². The smallest absolute Gasteiger partial charge is 0.146 e. The first-order chi connectivity index (χ1) is 13.2. The van der Waals surface area contributed by atoms with Crippen LogP contribution in [0.5, 0.6) is 0 Å². The number of aliphatic hydroxyl groups is 1. The van der Waals surface area contributed by atoms with Gasteiger partial charge in [-0.15, -0.1) is 0 Å². The maximum atomic E-state index is 12.8. The van der Waals surface area contributed by atoms with E-state index in [0.717, 1.165) is 12.0 Å². The third-order valence-electron chi connectivity index (χ3n) is 5.95. The molecule has 1 aromatic carbocycles. The molecule has 1 N–H and O–H groups in total. The van der Waals surface area contributed by atoms with Gasteiger partial charge in [-0.2, -0.15) is 0 Å². The van der Waals surface area contributed by atoms with Crippen molar-refractivity contribution in [3.63, 3.8) is 0 Å². The summed E-state index contributed by atoms with van der Waals surface area (Å²) >= 11 is 0. The van der Waals surface area contributed by atoms with E-state index in [4.69, 9.17) is 9.47 Å². The summed E-state index contributed by atoms with van der Waals surface area (Å²) in [5, 5.41) is 11.1. The van der Waals surface area contributed by atoms with Crippen LogP contribution in [-0.2, 0) is 20.7 Å². The summed E-state index contributed by atoms with van der Waals surface area (Å²) in [6.07, 6.45) is 7.64. The van der Waals surface area contributed by atoms with Crippen LogP contribution in [0, 0.1) is 11.8 Å². The van der Waals surface area contributed by atoms with Gasteiger partial charge in [-0.3, -0.25) is 4.79 Å². The van der Waals surface area contributed by atoms with Crippen molar-refractivity contribution < 1.29 is 19.4 Å². The lowest BCUT2D eigenvalue weighted by Gasteiger charge is -2.38. The fourth-order valence-corrected chi connectivity index (χ4v) is 4.38. The SMILES string of the molecule is COCC1=C2OCC(Cc3ccccc3C3CC3)C(O)C2C(=O)CCC=C1. The van der Waals surface area contributed by atoms with Crippen LogP contribution in [0.3, 0.4) is 0 Å². The Morgan fingerprint density at radius 3 is 2.85 bits per heavy atom. The summed E-state index contributed by atoms with van der Waals surface area (Å²) < 4.78 is 11.4. The molecule has 1 saturated heterocycles. The highest BCUT2D eigenvalue weighted by molar-refractivity contribution is 5.85. The number of ether oxygens (including phenoxy) is 2. The number of carbonyl (C=O) groups excluding carboxylic acids is 1. The molecule has 0 amide bonds. The molecule has 3 atom stereocenters. The van der Waals surface area contributed by atoms with Crippen molar-refractivity contribution in [3.8, 4) is 0 Å². The molecular weight excluding hydrogens is 340 g/mol. The van der Waals surface area contributed by atoms with Crippen molar-refractivity contribution >= 4 is 5.78 Å². The number of hydrogen-bond acceptors (Lipinski definition) is 4. The van der Waals surface area contributed by atoms with Gasteiger partial charge >= 0.3 is 0 Å². The lowest BCUT2D eigenvalue weighted by Crippen LogP contribution is -2.44. The molecule has 0 spiro atoms. The van der Waals surface area contributed by atoms with Gasteiger partial charge in [0, 0.05) is 25.0 Å². The highest BCUT2D eigenvalue weighted by atomic mass is 16.5. The molecule has 0 radical (unpaired) electrons. The van der Waals surface area contributed by atoms with Gasteiger partial charge in [-0.05, 0) is 42.7 Å². The van der Waals surface area contributed by atoms with Gasteiger partial charge < -0.3 is 14.6 Å². The normalized spacial score (nSPS) is 28.4. The molecule has 1 aromatic rings. The third-order valence-corrected chi connectivity index (χ3v) is 5.95. The minimum Gasteiger partial charge on any atom is -0.496 e. The lowest BCUT2D eigenvalue weighted by atomic mass is 9.78. The second kappa shape index (κ2) is 7.99. The summed E-state index contributed by atoms with van der Waals surface area (Å²) in [6, 6.07) is 8.51. The second-order valence-electron chi connectivity index (χ2n) is 7.95. The zero-order valence-electron chi connectivity index (χ0n) is 15.9. The number of aliphatic hydroxyl groups excluding tert-OH is 1. The van der Waals surface area contributed by atoms with Gasteiger partial charge in [0.2, 0.25) is 0 Å². The Morgan fingerprint density at radius 2 is 2.07 bits per heavy atom. The Bertz CT molecular complexity index is 759. The zero-order valence-corrected chi connectivity index (χ0v) is 15.9. The van der Waals surface area contributed by atoms with E-state index < -0.39 is 12.0 Å². The molecule has 1 saturated carbocycles. The molecule has 0 aromatic heterocycles. The molecule has 1 aliphatic heterocycles. The van der Waals surface area contributed by atoms with Gasteiger partial charge in [0.1, 0.15) is 17.5 Å². The number of fused-ring (bicyclic) bond motifs is 1. The predicted molar refractivity (Wildman–Crippen MR) is 103 cm³/mol. The minimum absolute atomic E-state index is 0.0654. The van der Waals surface area contributed by atoms with E-state index in [1.165, 1.54) is 24.0 Å².